The van der Waals surface area contributed by atoms with Gasteiger partial charge in [-0.05, 0) is 56.6 Å². The lowest BCUT2D eigenvalue weighted by molar-refractivity contribution is -0.150. The third-order valence-electron chi connectivity index (χ3n) is 9.87. The number of aliphatic hydroxyl groups excluding tert-OH is 2. The molecular formula is C33H43N5O8. The van der Waals surface area contributed by atoms with E-state index >= 15 is 0 Å². The quantitative estimate of drug-likeness (QED) is 0.249. The number of aliphatic hydroxyl groups is 3. The van der Waals surface area contributed by atoms with Gasteiger partial charge in [0, 0.05) is 57.5 Å². The number of amides is 1. The first-order chi connectivity index (χ1) is 21.3. The number of aromatic hydroxyl groups is 1. The van der Waals surface area contributed by atoms with Gasteiger partial charge in [-0.1, -0.05) is 7.43 Å². The molecule has 0 bridgehead atoms. The number of nitrogens with two attached hydrogens (primary N) is 1. The molecule has 1 aromatic heterocycles. The number of fused-ring (bicyclic) bond motifs is 3. The van der Waals surface area contributed by atoms with Gasteiger partial charge in [0.2, 0.25) is 5.78 Å². The van der Waals surface area contributed by atoms with Crippen LogP contribution in [-0.4, -0.2) is 114 Å². The fraction of sp³-hybridized carbons (Fsp3) is 0.485. The second-order valence-electron chi connectivity index (χ2n) is 12.7. The van der Waals surface area contributed by atoms with Crippen LogP contribution in [0.5, 0.6) is 5.75 Å². The lowest BCUT2D eigenvalue weighted by Crippen LogP contribution is -2.65. The van der Waals surface area contributed by atoms with Gasteiger partial charge in [0.05, 0.1) is 23.7 Å². The number of ketones is 2. The first-order valence-electron chi connectivity index (χ1n) is 15.0. The van der Waals surface area contributed by atoms with Crippen molar-refractivity contribution in [2.24, 2.45) is 17.6 Å². The minimum atomic E-state index is -2.69. The van der Waals surface area contributed by atoms with Gasteiger partial charge in [-0.25, -0.2) is 0 Å². The van der Waals surface area contributed by atoms with Gasteiger partial charge in [-0.2, -0.15) is 0 Å². The van der Waals surface area contributed by atoms with Crippen LogP contribution in [0.1, 0.15) is 30.7 Å². The van der Waals surface area contributed by atoms with Crippen LogP contribution < -0.4 is 16.0 Å². The summed E-state index contributed by atoms with van der Waals surface area (Å²) in [5.41, 5.74) is 3.20. The predicted octanol–water partition coefficient (Wildman–Crippen LogP) is 1.33. The zero-order chi connectivity index (χ0) is 32.5. The topological polar surface area (TPSA) is 193 Å². The molecule has 2 fully saturated rings. The summed E-state index contributed by atoms with van der Waals surface area (Å²) in [6.45, 7) is 4.32. The maximum absolute atomic E-state index is 14.1. The van der Waals surface area contributed by atoms with Crippen LogP contribution in [0.3, 0.4) is 0 Å². The maximum Gasteiger partial charge on any atom is 0.255 e. The Labute approximate surface area is 267 Å². The standard InChI is InChI=1S/C32H39N5O8.CH4/c1-34-25-19-12-15-11-17-20(35(2)3)13-18(21-6-5-16(45-21)14-37-9-7-36(4)8-10-37)26(38)23(17)27(39)22(15)29(41)32(19,44)30(42)24(28(25)40)31(33)43;/h5-6,13,15,19,25,34,38-39,42,44H,7-12,14H2,1-4H3,(H2,33,43);1H4/t15-,19-,25-,32-;/m0./s1. The Balaban J connectivity index is 0.00000417. The number of carbonyl (C=O) groups excluding carboxylic acids is 3. The molecule has 3 aliphatic carbocycles. The van der Waals surface area contributed by atoms with Gasteiger partial charge in [-0.15, -0.1) is 0 Å². The Morgan fingerprint density at radius 2 is 1.83 bits per heavy atom. The van der Waals surface area contributed by atoms with Crippen molar-refractivity contribution in [1.82, 2.24) is 15.1 Å². The number of Topliss-reactive ketones (excluding diaryl/α,β-unsaturated/α-hetero) is 2. The minimum Gasteiger partial charge on any atom is -0.508 e. The van der Waals surface area contributed by atoms with E-state index in [-0.39, 0.29) is 37.2 Å². The first kappa shape index (κ1) is 33.2. The van der Waals surface area contributed by atoms with Crippen LogP contribution in [0.15, 0.2) is 39.5 Å². The Kier molecular flexibility index (Phi) is 8.58. The smallest absolute Gasteiger partial charge is 0.255 e. The summed E-state index contributed by atoms with van der Waals surface area (Å²) in [6, 6.07) is 4.20. The van der Waals surface area contributed by atoms with Crippen molar-refractivity contribution in [3.05, 3.63) is 52.0 Å². The highest BCUT2D eigenvalue weighted by Gasteiger charge is 2.63. The Bertz CT molecular complexity index is 1670. The number of hydrogen-bond acceptors (Lipinski definition) is 12. The number of phenols is 1. The Hall–Kier alpha value is -4.17. The predicted molar refractivity (Wildman–Crippen MR) is 171 cm³/mol. The summed E-state index contributed by atoms with van der Waals surface area (Å²) in [4.78, 5) is 45.7. The van der Waals surface area contributed by atoms with Crippen molar-refractivity contribution >= 4 is 28.9 Å². The molecule has 248 valence electrons. The molecule has 13 heteroatoms. The summed E-state index contributed by atoms with van der Waals surface area (Å²) in [6.07, 6.45) is 0.205. The van der Waals surface area contributed by atoms with Crippen LogP contribution in [0.25, 0.3) is 17.1 Å². The van der Waals surface area contributed by atoms with E-state index in [2.05, 4.69) is 22.2 Å². The van der Waals surface area contributed by atoms with E-state index in [4.69, 9.17) is 10.2 Å². The number of carbonyl (C=O) groups is 3. The number of rotatable bonds is 6. The largest absolute Gasteiger partial charge is 0.508 e. The van der Waals surface area contributed by atoms with Crippen LogP contribution in [-0.2, 0) is 27.3 Å². The second-order valence-corrected chi connectivity index (χ2v) is 12.7. The van der Waals surface area contributed by atoms with Crippen molar-refractivity contribution in [1.29, 1.82) is 0 Å². The molecule has 6 rings (SSSR count). The molecule has 46 heavy (non-hydrogen) atoms. The first-order valence-corrected chi connectivity index (χ1v) is 15.0. The fourth-order valence-corrected chi connectivity index (χ4v) is 7.48. The zero-order valence-electron chi connectivity index (χ0n) is 25.8. The van der Waals surface area contributed by atoms with Gasteiger partial charge in [0.1, 0.15) is 34.4 Å². The number of phenolic OH excluding ortho intramolecular Hbond substituents is 1. The third-order valence-corrected chi connectivity index (χ3v) is 9.87. The Morgan fingerprint density at radius 3 is 2.43 bits per heavy atom. The van der Waals surface area contributed by atoms with Crippen LogP contribution >= 0.6 is 0 Å². The number of hydrogen-bond donors (Lipinski definition) is 6. The van der Waals surface area contributed by atoms with E-state index in [9.17, 15) is 34.8 Å². The molecule has 0 unspecified atom stereocenters. The maximum atomic E-state index is 14.1. The minimum absolute atomic E-state index is 0. The van der Waals surface area contributed by atoms with Gasteiger partial charge < -0.3 is 45.7 Å². The molecule has 2 aromatic rings. The molecule has 0 spiro atoms. The fourth-order valence-electron chi connectivity index (χ4n) is 7.48. The number of benzene rings is 1. The average molecular weight is 638 g/mol. The number of primary amides is 1. The van der Waals surface area contributed by atoms with Crippen molar-refractivity contribution in [2.45, 2.75) is 38.5 Å². The molecule has 4 aliphatic rings. The lowest BCUT2D eigenvalue weighted by atomic mass is 9.57. The molecule has 1 saturated carbocycles. The lowest BCUT2D eigenvalue weighted by Gasteiger charge is -2.49. The molecule has 13 nitrogen and oxygen atoms in total. The van der Waals surface area contributed by atoms with E-state index in [1.54, 1.807) is 12.1 Å². The van der Waals surface area contributed by atoms with E-state index in [1.807, 2.05) is 25.1 Å². The highest BCUT2D eigenvalue weighted by atomic mass is 16.4. The van der Waals surface area contributed by atoms with Crippen molar-refractivity contribution in [2.75, 3.05) is 59.3 Å². The van der Waals surface area contributed by atoms with E-state index in [0.29, 0.717) is 29.1 Å². The second kappa shape index (κ2) is 11.9. The molecule has 1 saturated heterocycles. The molecule has 0 radical (unpaired) electrons. The van der Waals surface area contributed by atoms with E-state index < -0.39 is 58.0 Å². The van der Waals surface area contributed by atoms with Crippen molar-refractivity contribution in [3.8, 4) is 17.1 Å². The summed E-state index contributed by atoms with van der Waals surface area (Å²) >= 11 is 0. The van der Waals surface area contributed by atoms with Crippen molar-refractivity contribution in [3.63, 3.8) is 0 Å². The van der Waals surface area contributed by atoms with E-state index in [0.717, 1.165) is 31.9 Å². The Morgan fingerprint density at radius 1 is 1.15 bits per heavy atom. The highest BCUT2D eigenvalue weighted by Crippen LogP contribution is 2.54. The molecular weight excluding hydrogens is 594 g/mol. The highest BCUT2D eigenvalue weighted by molar-refractivity contribution is 6.24. The molecule has 2 heterocycles. The van der Waals surface area contributed by atoms with Gasteiger partial charge in [0.25, 0.3) is 5.91 Å². The molecule has 7 N–H and O–H groups in total. The molecule has 1 amide bonds. The van der Waals surface area contributed by atoms with Crippen LogP contribution in [0.4, 0.5) is 5.69 Å². The van der Waals surface area contributed by atoms with Gasteiger partial charge in [-0.3, -0.25) is 19.3 Å². The number of anilines is 1. The normalized spacial score (nSPS) is 26.8. The SMILES string of the molecule is C.CN[C@@H]1C(=O)C(C(N)=O)=C(O)[C@@]2(O)C(=O)C3=C(O)c4c(O)c(-c5ccc(CN6CCN(C)CC6)o5)cc(N(C)C)c4C[C@H]3C[C@@H]12. The number of piperazine rings is 1. The number of furan rings is 1. The molecule has 4 atom stereocenters. The summed E-state index contributed by atoms with van der Waals surface area (Å²) in [5, 5.41) is 48.9. The molecule has 1 aromatic carbocycles. The zero-order valence-corrected chi connectivity index (χ0v) is 25.8. The summed E-state index contributed by atoms with van der Waals surface area (Å²) in [5.74, 6) is -5.84. The van der Waals surface area contributed by atoms with Crippen molar-refractivity contribution < 1.29 is 39.2 Å². The summed E-state index contributed by atoms with van der Waals surface area (Å²) < 4.78 is 6.18. The summed E-state index contributed by atoms with van der Waals surface area (Å²) in [7, 11) is 7.18. The molecule has 1 aliphatic heterocycles. The average Bonchev–Trinajstić information content (AvgIpc) is 3.44. The number of likely N-dealkylation sites (N-methyl/N-ethyl adjacent to an activating group) is 2. The van der Waals surface area contributed by atoms with Crippen LogP contribution in [0.2, 0.25) is 0 Å². The van der Waals surface area contributed by atoms with Crippen LogP contribution in [0, 0.1) is 11.8 Å². The number of nitrogens with zero attached hydrogens (tertiary/aromatic N) is 3. The van der Waals surface area contributed by atoms with Gasteiger partial charge in [0.15, 0.2) is 11.4 Å². The monoisotopic (exact) mass is 637 g/mol. The van der Waals surface area contributed by atoms with Gasteiger partial charge >= 0.3 is 0 Å². The van der Waals surface area contributed by atoms with E-state index in [1.165, 1.54) is 7.05 Å². The number of nitrogens with one attached hydrogen (secondary N) is 1. The third kappa shape index (κ3) is 4.89.